The zero-order valence-corrected chi connectivity index (χ0v) is 28.0. The van der Waals surface area contributed by atoms with Crippen LogP contribution in [0.15, 0.2) is 179 Å². The molecule has 0 unspecified atom stereocenters. The van der Waals surface area contributed by atoms with E-state index < -0.39 is 0 Å². The highest BCUT2D eigenvalue weighted by Gasteiger charge is 2.18. The molecule has 0 bridgehead atoms. The van der Waals surface area contributed by atoms with E-state index in [-0.39, 0.29) is 0 Å². The van der Waals surface area contributed by atoms with Crippen molar-refractivity contribution >= 4 is 97.7 Å². The Morgan fingerprint density at radius 3 is 0.962 bits per heavy atom. The second kappa shape index (κ2) is 10.3. The van der Waals surface area contributed by atoms with Crippen LogP contribution in [0.3, 0.4) is 0 Å². The van der Waals surface area contributed by atoms with E-state index in [1.807, 2.05) is 24.3 Å². The molecule has 0 saturated heterocycles. The number of benzene rings is 10. The van der Waals surface area contributed by atoms with Gasteiger partial charge in [0.2, 0.25) is 0 Å². The highest BCUT2D eigenvalue weighted by Crippen LogP contribution is 2.46. The Kier molecular flexibility index (Phi) is 5.53. The zero-order chi connectivity index (χ0) is 33.9. The fourth-order valence-corrected chi connectivity index (χ4v) is 8.84. The van der Waals surface area contributed by atoms with E-state index in [1.54, 1.807) is 0 Å². The highest BCUT2D eigenvalue weighted by molar-refractivity contribution is 6.39. The summed E-state index contributed by atoms with van der Waals surface area (Å²) in [7, 11) is 0. The SMILES string of the molecule is c1ccc2c(c1)oc1ccc(-c3ccc4c(c3)c3ccccc3c3c5ccc(-c6ccc7oc8ccccc8c7c6)cc5c5ccccc5c43)cc12. The van der Waals surface area contributed by atoms with Gasteiger partial charge in [0.15, 0.2) is 0 Å². The van der Waals surface area contributed by atoms with Crippen LogP contribution in [0.2, 0.25) is 0 Å². The molecule has 0 N–H and O–H groups in total. The molecule has 2 heterocycles. The molecule has 0 aliphatic heterocycles. The lowest BCUT2D eigenvalue weighted by atomic mass is 9.85. The van der Waals surface area contributed by atoms with E-state index in [0.717, 1.165) is 43.9 Å². The second-order valence-electron chi connectivity index (χ2n) is 14.0. The molecule has 2 nitrogen and oxygen atoms in total. The largest absolute Gasteiger partial charge is 0.456 e. The van der Waals surface area contributed by atoms with Crippen LogP contribution in [-0.2, 0) is 0 Å². The van der Waals surface area contributed by atoms with Crippen molar-refractivity contribution in [2.24, 2.45) is 0 Å². The van der Waals surface area contributed by atoms with Gasteiger partial charge in [-0.2, -0.15) is 0 Å². The summed E-state index contributed by atoms with van der Waals surface area (Å²) >= 11 is 0. The summed E-state index contributed by atoms with van der Waals surface area (Å²) in [6.45, 7) is 0. The Hall–Kier alpha value is -6.90. The van der Waals surface area contributed by atoms with Gasteiger partial charge >= 0.3 is 0 Å². The summed E-state index contributed by atoms with van der Waals surface area (Å²) in [6, 6.07) is 61.6. The quantitative estimate of drug-likeness (QED) is 0.173. The van der Waals surface area contributed by atoms with Gasteiger partial charge in [-0.05, 0) is 125 Å². The van der Waals surface area contributed by atoms with Crippen LogP contribution in [0, 0.1) is 0 Å². The van der Waals surface area contributed by atoms with Crippen molar-refractivity contribution in [1.29, 1.82) is 0 Å². The van der Waals surface area contributed by atoms with Gasteiger partial charge in [-0.1, -0.05) is 121 Å². The van der Waals surface area contributed by atoms with Gasteiger partial charge in [-0.3, -0.25) is 0 Å². The molecule has 0 aliphatic carbocycles. The Bertz CT molecular complexity index is 3240. The van der Waals surface area contributed by atoms with Crippen LogP contribution in [0.4, 0.5) is 0 Å². The molecule has 0 amide bonds. The standard InChI is InChI=1S/C50H28O2/c1-3-13-37-33(9-1)41-25-29(31-19-23-47-43(27-31)35-11-5-7-15-45(35)51-47)17-21-39(41)50-38-14-4-2-10-34(38)42-26-30(18-22-40(42)49(37)50)32-20-24-48-44(28-32)36-12-6-8-16-46(36)52-48/h1-28H. The summed E-state index contributed by atoms with van der Waals surface area (Å²) < 4.78 is 12.3. The number of hydrogen-bond acceptors (Lipinski definition) is 2. The van der Waals surface area contributed by atoms with Crippen molar-refractivity contribution in [2.45, 2.75) is 0 Å². The van der Waals surface area contributed by atoms with Crippen molar-refractivity contribution in [3.63, 3.8) is 0 Å². The maximum absolute atomic E-state index is 6.15. The number of para-hydroxylation sites is 2. The van der Waals surface area contributed by atoms with Gasteiger partial charge < -0.3 is 8.83 Å². The van der Waals surface area contributed by atoms with Gasteiger partial charge in [0.05, 0.1) is 0 Å². The monoisotopic (exact) mass is 660 g/mol. The third-order valence-electron chi connectivity index (χ3n) is 11.2. The van der Waals surface area contributed by atoms with E-state index in [1.165, 1.54) is 76.1 Å². The lowest BCUT2D eigenvalue weighted by molar-refractivity contribution is 0.668. The first kappa shape index (κ1) is 27.9. The first-order valence-corrected chi connectivity index (χ1v) is 17.8. The van der Waals surface area contributed by atoms with Crippen molar-refractivity contribution in [2.75, 3.05) is 0 Å². The Morgan fingerprint density at radius 2 is 0.519 bits per heavy atom. The average Bonchev–Trinajstić information content (AvgIpc) is 3.78. The van der Waals surface area contributed by atoms with Gasteiger partial charge in [0, 0.05) is 21.5 Å². The third kappa shape index (κ3) is 3.84. The maximum Gasteiger partial charge on any atom is 0.135 e. The molecular weight excluding hydrogens is 633 g/mol. The van der Waals surface area contributed by atoms with Crippen LogP contribution in [-0.4, -0.2) is 0 Å². The van der Waals surface area contributed by atoms with Crippen LogP contribution in [0.1, 0.15) is 0 Å². The van der Waals surface area contributed by atoms with Gasteiger partial charge in [0.25, 0.3) is 0 Å². The van der Waals surface area contributed by atoms with Gasteiger partial charge in [-0.25, -0.2) is 0 Å². The van der Waals surface area contributed by atoms with E-state index in [2.05, 4.69) is 146 Å². The van der Waals surface area contributed by atoms with Crippen LogP contribution >= 0.6 is 0 Å². The predicted molar refractivity (Wildman–Crippen MR) is 219 cm³/mol. The number of hydrogen-bond donors (Lipinski definition) is 0. The van der Waals surface area contributed by atoms with Gasteiger partial charge in [-0.15, -0.1) is 0 Å². The first-order chi connectivity index (χ1) is 25.8. The van der Waals surface area contributed by atoms with E-state index >= 15 is 0 Å². The molecule has 0 atom stereocenters. The van der Waals surface area contributed by atoms with Crippen LogP contribution < -0.4 is 0 Å². The lowest BCUT2D eigenvalue weighted by Crippen LogP contribution is -1.90. The predicted octanol–water partition coefficient (Wildman–Crippen LogP) is 14.6. The molecule has 0 spiro atoms. The Labute approximate surface area is 297 Å². The highest BCUT2D eigenvalue weighted by atomic mass is 16.3. The van der Waals surface area contributed by atoms with Crippen LogP contribution in [0.5, 0.6) is 0 Å². The molecule has 12 aromatic rings. The normalized spacial score (nSPS) is 12.2. The third-order valence-corrected chi connectivity index (χ3v) is 11.2. The molecule has 0 aliphatic rings. The fraction of sp³-hybridized carbons (Fsp3) is 0. The minimum absolute atomic E-state index is 0.916. The second-order valence-corrected chi connectivity index (χ2v) is 14.0. The summed E-state index contributed by atoms with van der Waals surface area (Å²) in [4.78, 5) is 0. The first-order valence-electron chi connectivity index (χ1n) is 17.8. The van der Waals surface area contributed by atoms with Crippen molar-refractivity contribution in [3.05, 3.63) is 170 Å². The summed E-state index contributed by atoms with van der Waals surface area (Å²) in [6.07, 6.45) is 0. The molecule has 0 saturated carbocycles. The summed E-state index contributed by atoms with van der Waals surface area (Å²) in [5.74, 6) is 0. The van der Waals surface area contributed by atoms with Gasteiger partial charge in [0.1, 0.15) is 22.3 Å². The Balaban J connectivity index is 1.12. The zero-order valence-electron chi connectivity index (χ0n) is 28.0. The molecule has 2 heteroatoms. The summed E-state index contributed by atoms with van der Waals surface area (Å²) in [5, 5.41) is 17.3. The van der Waals surface area contributed by atoms with E-state index in [9.17, 15) is 0 Å². The molecule has 0 radical (unpaired) electrons. The molecule has 240 valence electrons. The molecule has 2 aromatic heterocycles. The summed E-state index contributed by atoms with van der Waals surface area (Å²) in [5.41, 5.74) is 8.43. The number of furan rings is 2. The Morgan fingerprint density at radius 1 is 0.212 bits per heavy atom. The smallest absolute Gasteiger partial charge is 0.135 e. The topological polar surface area (TPSA) is 26.3 Å². The molecule has 52 heavy (non-hydrogen) atoms. The van der Waals surface area contributed by atoms with Crippen molar-refractivity contribution in [1.82, 2.24) is 0 Å². The maximum atomic E-state index is 6.15. The van der Waals surface area contributed by atoms with E-state index in [0.29, 0.717) is 0 Å². The minimum atomic E-state index is 0.916. The fourth-order valence-electron chi connectivity index (χ4n) is 8.84. The van der Waals surface area contributed by atoms with Crippen LogP contribution in [0.25, 0.3) is 120 Å². The molecule has 10 aromatic carbocycles. The van der Waals surface area contributed by atoms with Crippen molar-refractivity contribution in [3.8, 4) is 22.3 Å². The number of rotatable bonds is 2. The van der Waals surface area contributed by atoms with E-state index in [4.69, 9.17) is 8.83 Å². The molecular formula is C50H28O2. The average molecular weight is 661 g/mol. The molecule has 12 rings (SSSR count). The molecule has 0 fully saturated rings. The number of fused-ring (bicyclic) bond motifs is 17. The van der Waals surface area contributed by atoms with Crippen molar-refractivity contribution < 1.29 is 8.83 Å². The minimum Gasteiger partial charge on any atom is -0.456 e. The lowest BCUT2D eigenvalue weighted by Gasteiger charge is -2.18.